The van der Waals surface area contributed by atoms with Crippen LogP contribution in [0.15, 0.2) is 54.6 Å². The van der Waals surface area contributed by atoms with Crippen molar-refractivity contribution in [3.05, 3.63) is 60.2 Å². The van der Waals surface area contributed by atoms with Crippen LogP contribution >= 0.6 is 0 Å². The Morgan fingerprint density at radius 1 is 1.07 bits per heavy atom. The van der Waals surface area contributed by atoms with Crippen LogP contribution in [0.1, 0.15) is 46.1 Å². The Kier molecular flexibility index (Phi) is 7.86. The molecule has 1 amide bonds. The van der Waals surface area contributed by atoms with E-state index in [1.165, 1.54) is 0 Å². The summed E-state index contributed by atoms with van der Waals surface area (Å²) in [6.45, 7) is 9.20. The first-order chi connectivity index (χ1) is 12.9. The molecule has 2 aromatic rings. The number of rotatable bonds is 10. The minimum atomic E-state index is -0.827. The second-order valence-corrected chi connectivity index (χ2v) is 7.43. The normalized spacial score (nSPS) is 13.2. The number of hydrogen-bond acceptors (Lipinski definition) is 3. The molecular weight excluding hydrogens is 338 g/mol. The lowest BCUT2D eigenvalue weighted by atomic mass is 9.93. The molecule has 0 aliphatic rings. The van der Waals surface area contributed by atoms with Crippen LogP contribution in [-0.4, -0.2) is 18.1 Å². The largest absolute Gasteiger partial charge is 0.489 e. The van der Waals surface area contributed by atoms with Gasteiger partial charge in [-0.05, 0) is 55.5 Å². The summed E-state index contributed by atoms with van der Waals surface area (Å²) in [6.07, 6.45) is 1.56. The highest BCUT2D eigenvalue weighted by Gasteiger charge is 2.34. The zero-order valence-corrected chi connectivity index (χ0v) is 16.8. The van der Waals surface area contributed by atoms with Gasteiger partial charge in [0, 0.05) is 12.3 Å². The highest BCUT2D eigenvalue weighted by atomic mass is 16.5. The molecule has 2 rings (SSSR count). The van der Waals surface area contributed by atoms with Crippen LogP contribution in [0, 0.1) is 5.92 Å². The lowest BCUT2D eigenvalue weighted by molar-refractivity contribution is -0.141. The summed E-state index contributed by atoms with van der Waals surface area (Å²) in [4.78, 5) is 12.8. The summed E-state index contributed by atoms with van der Waals surface area (Å²) >= 11 is 0. The van der Waals surface area contributed by atoms with E-state index in [1.807, 2.05) is 68.4 Å². The fraction of sp³-hybridized carbons (Fsp3) is 0.435. The van der Waals surface area contributed by atoms with Crippen LogP contribution in [0.5, 0.6) is 5.75 Å². The molecular formula is C23H31NO3. The number of anilines is 1. The summed E-state index contributed by atoms with van der Waals surface area (Å²) in [5.74, 6) is 1.03. The molecule has 0 spiro atoms. The summed E-state index contributed by atoms with van der Waals surface area (Å²) in [5.41, 5.74) is 1.03. The molecule has 1 atom stereocenters. The molecule has 0 saturated carbocycles. The van der Waals surface area contributed by atoms with Gasteiger partial charge in [0.25, 0.3) is 5.91 Å². The van der Waals surface area contributed by atoms with Gasteiger partial charge in [-0.1, -0.05) is 51.1 Å². The lowest BCUT2D eigenvalue weighted by Crippen LogP contribution is -2.44. The van der Waals surface area contributed by atoms with E-state index in [0.717, 1.165) is 23.4 Å². The molecule has 1 N–H and O–H groups in total. The summed E-state index contributed by atoms with van der Waals surface area (Å²) in [6, 6.07) is 17.5. The van der Waals surface area contributed by atoms with Crippen molar-refractivity contribution in [3.63, 3.8) is 0 Å². The monoisotopic (exact) mass is 369 g/mol. The predicted molar refractivity (Wildman–Crippen MR) is 110 cm³/mol. The number of amides is 1. The van der Waals surface area contributed by atoms with E-state index in [0.29, 0.717) is 25.6 Å². The number of hydrogen-bond donors (Lipinski definition) is 1. The quantitative estimate of drug-likeness (QED) is 0.607. The van der Waals surface area contributed by atoms with Crippen LogP contribution in [0.2, 0.25) is 0 Å². The Balaban J connectivity index is 1.96. The Labute approximate surface area is 162 Å². The van der Waals surface area contributed by atoms with Crippen LogP contribution < -0.4 is 10.1 Å². The molecule has 146 valence electrons. The third kappa shape index (κ3) is 6.72. The Hall–Kier alpha value is -2.33. The molecule has 4 heteroatoms. The number of ether oxygens (including phenoxy) is 2. The van der Waals surface area contributed by atoms with Gasteiger partial charge in [0.15, 0.2) is 0 Å². The van der Waals surface area contributed by atoms with E-state index >= 15 is 0 Å². The third-order valence-electron chi connectivity index (χ3n) is 4.26. The molecule has 0 aliphatic heterocycles. The zero-order valence-electron chi connectivity index (χ0n) is 16.8. The fourth-order valence-corrected chi connectivity index (χ4v) is 2.96. The number of benzene rings is 2. The van der Waals surface area contributed by atoms with Crippen molar-refractivity contribution < 1.29 is 14.3 Å². The number of nitrogens with one attached hydrogen (secondary N) is 1. The smallest absolute Gasteiger partial charge is 0.256 e. The van der Waals surface area contributed by atoms with Gasteiger partial charge in [-0.2, -0.15) is 0 Å². The number of carbonyl (C=O) groups excluding carboxylic acids is 1. The van der Waals surface area contributed by atoms with Crippen LogP contribution in [-0.2, 0) is 16.1 Å². The maximum Gasteiger partial charge on any atom is 0.256 e. The van der Waals surface area contributed by atoms with E-state index in [-0.39, 0.29) is 5.91 Å². The number of carbonyl (C=O) groups is 1. The van der Waals surface area contributed by atoms with Crippen molar-refractivity contribution >= 4 is 11.6 Å². The van der Waals surface area contributed by atoms with Gasteiger partial charge in [-0.15, -0.1) is 0 Å². The van der Waals surface area contributed by atoms with E-state index in [1.54, 1.807) is 0 Å². The first kappa shape index (κ1) is 21.0. The molecule has 0 aliphatic carbocycles. The van der Waals surface area contributed by atoms with Crippen molar-refractivity contribution in [2.24, 2.45) is 5.92 Å². The van der Waals surface area contributed by atoms with Gasteiger partial charge in [0.1, 0.15) is 18.0 Å². The highest BCUT2D eigenvalue weighted by molar-refractivity contribution is 5.97. The van der Waals surface area contributed by atoms with Crippen molar-refractivity contribution in [1.29, 1.82) is 0 Å². The highest BCUT2D eigenvalue weighted by Crippen LogP contribution is 2.24. The van der Waals surface area contributed by atoms with Crippen LogP contribution in [0.25, 0.3) is 0 Å². The predicted octanol–water partition coefficient (Wildman–Crippen LogP) is 5.44. The summed E-state index contributed by atoms with van der Waals surface area (Å²) < 4.78 is 11.7. The van der Waals surface area contributed by atoms with E-state index in [4.69, 9.17) is 9.47 Å². The minimum Gasteiger partial charge on any atom is -0.489 e. The van der Waals surface area contributed by atoms with Gasteiger partial charge in [0.2, 0.25) is 0 Å². The van der Waals surface area contributed by atoms with E-state index in [9.17, 15) is 4.79 Å². The Bertz CT molecular complexity index is 697. The van der Waals surface area contributed by atoms with E-state index < -0.39 is 5.60 Å². The summed E-state index contributed by atoms with van der Waals surface area (Å²) in [5, 5.41) is 2.98. The Morgan fingerprint density at radius 3 is 2.33 bits per heavy atom. The topological polar surface area (TPSA) is 47.6 Å². The van der Waals surface area contributed by atoms with Gasteiger partial charge in [-0.25, -0.2) is 0 Å². The van der Waals surface area contributed by atoms with Crippen LogP contribution in [0.4, 0.5) is 5.69 Å². The molecule has 0 radical (unpaired) electrons. The molecule has 0 fully saturated rings. The molecule has 0 aromatic heterocycles. The van der Waals surface area contributed by atoms with Crippen molar-refractivity contribution in [1.82, 2.24) is 0 Å². The van der Waals surface area contributed by atoms with E-state index in [2.05, 4.69) is 19.2 Å². The minimum absolute atomic E-state index is 0.109. The third-order valence-corrected chi connectivity index (χ3v) is 4.26. The maximum absolute atomic E-state index is 12.8. The van der Waals surface area contributed by atoms with Gasteiger partial charge < -0.3 is 14.8 Å². The first-order valence-electron chi connectivity index (χ1n) is 9.65. The molecule has 1 unspecified atom stereocenters. The maximum atomic E-state index is 12.8. The second kappa shape index (κ2) is 10.1. The SMILES string of the molecule is CCCOC(C)(CC(C)C)C(=O)Nc1ccc(OCc2ccccc2)cc1. The molecule has 2 aromatic carbocycles. The van der Waals surface area contributed by atoms with Gasteiger partial charge >= 0.3 is 0 Å². The average molecular weight is 370 g/mol. The molecule has 0 saturated heterocycles. The van der Waals surface area contributed by atoms with Crippen molar-refractivity contribution in [2.75, 3.05) is 11.9 Å². The molecule has 0 heterocycles. The average Bonchev–Trinajstić information content (AvgIpc) is 2.66. The van der Waals surface area contributed by atoms with Crippen LogP contribution in [0.3, 0.4) is 0 Å². The van der Waals surface area contributed by atoms with Crippen molar-refractivity contribution in [2.45, 2.75) is 52.7 Å². The zero-order chi connectivity index (χ0) is 19.7. The first-order valence-corrected chi connectivity index (χ1v) is 9.65. The second-order valence-electron chi connectivity index (χ2n) is 7.43. The molecule has 0 bridgehead atoms. The fourth-order valence-electron chi connectivity index (χ4n) is 2.96. The molecule has 4 nitrogen and oxygen atoms in total. The Morgan fingerprint density at radius 2 is 1.74 bits per heavy atom. The van der Waals surface area contributed by atoms with Gasteiger partial charge in [0.05, 0.1) is 0 Å². The summed E-state index contributed by atoms with van der Waals surface area (Å²) in [7, 11) is 0. The van der Waals surface area contributed by atoms with Crippen molar-refractivity contribution in [3.8, 4) is 5.75 Å². The molecule has 27 heavy (non-hydrogen) atoms. The standard InChI is InChI=1S/C23H31NO3/c1-5-15-27-23(4,16-18(2)3)22(25)24-20-11-13-21(14-12-20)26-17-19-9-7-6-8-10-19/h6-14,18H,5,15-17H2,1-4H3,(H,24,25). The lowest BCUT2D eigenvalue weighted by Gasteiger charge is -2.30. The van der Waals surface area contributed by atoms with Gasteiger partial charge in [-0.3, -0.25) is 4.79 Å².